The van der Waals surface area contributed by atoms with E-state index in [4.69, 9.17) is 9.47 Å². The quantitative estimate of drug-likeness (QED) is 0.118. The summed E-state index contributed by atoms with van der Waals surface area (Å²) in [4.78, 5) is 23.6. The third-order valence-corrected chi connectivity index (χ3v) is 8.70. The normalized spacial score (nSPS) is 13.1. The Morgan fingerprint density at radius 3 is 2.20 bits per heavy atom. The zero-order valence-electron chi connectivity index (χ0n) is 27.1. The van der Waals surface area contributed by atoms with Crippen molar-refractivity contribution in [1.82, 2.24) is 5.32 Å². The fourth-order valence-electron chi connectivity index (χ4n) is 4.82. The lowest BCUT2D eigenvalue weighted by Crippen LogP contribution is -2.46. The number of anilines is 1. The van der Waals surface area contributed by atoms with Crippen molar-refractivity contribution in [2.75, 3.05) is 10.5 Å². The molecule has 0 unspecified atom stereocenters. The molecule has 3 N–H and O–H groups in total. The standard InChI is InChI=1S/C34H45N3O8S/c1-6-24(7-2)19-27-21-28(37(40)41)15-18-30(27)36-46(42,43)23-31(38)32(45-33(39)35-34(3,4)5)20-25-13-16-29(17-14-25)44-22-26-11-9-8-10-12-26/h8-18,21,24,31-32,36,38H,6-7,19-20,22-23H2,1-5H3,(H,35,39)/t31-,32-/m0/s1. The van der Waals surface area contributed by atoms with Gasteiger partial charge in [0.15, 0.2) is 0 Å². The maximum absolute atomic E-state index is 13.3. The fourth-order valence-corrected chi connectivity index (χ4v) is 6.10. The number of benzene rings is 3. The lowest BCUT2D eigenvalue weighted by Gasteiger charge is -2.27. The lowest BCUT2D eigenvalue weighted by atomic mass is 9.93. The molecule has 0 fully saturated rings. The second-order valence-corrected chi connectivity index (χ2v) is 14.1. The zero-order valence-corrected chi connectivity index (χ0v) is 27.9. The van der Waals surface area contributed by atoms with Crippen molar-refractivity contribution in [3.8, 4) is 5.75 Å². The number of hydrogen-bond donors (Lipinski definition) is 3. The lowest BCUT2D eigenvalue weighted by molar-refractivity contribution is -0.384. The van der Waals surface area contributed by atoms with Crippen LogP contribution >= 0.6 is 0 Å². The van der Waals surface area contributed by atoms with Gasteiger partial charge >= 0.3 is 6.09 Å². The van der Waals surface area contributed by atoms with Gasteiger partial charge in [-0.3, -0.25) is 14.8 Å². The highest BCUT2D eigenvalue weighted by Gasteiger charge is 2.30. The maximum Gasteiger partial charge on any atom is 0.407 e. The minimum absolute atomic E-state index is 0.0324. The van der Waals surface area contributed by atoms with Gasteiger partial charge in [0.25, 0.3) is 5.69 Å². The van der Waals surface area contributed by atoms with Crippen LogP contribution in [0.2, 0.25) is 0 Å². The second kappa shape index (κ2) is 16.4. The summed E-state index contributed by atoms with van der Waals surface area (Å²) < 4.78 is 40.6. The Morgan fingerprint density at radius 2 is 1.61 bits per heavy atom. The van der Waals surface area contributed by atoms with Crippen LogP contribution in [0.1, 0.15) is 64.2 Å². The number of nitro groups is 1. The predicted octanol–water partition coefficient (Wildman–Crippen LogP) is 6.39. The third-order valence-electron chi connectivity index (χ3n) is 7.39. The highest BCUT2D eigenvalue weighted by atomic mass is 32.2. The summed E-state index contributed by atoms with van der Waals surface area (Å²) in [5.74, 6) is 0.0420. The summed E-state index contributed by atoms with van der Waals surface area (Å²) in [6, 6.07) is 20.7. The van der Waals surface area contributed by atoms with Crippen LogP contribution in [0.3, 0.4) is 0 Å². The number of rotatable bonds is 16. The van der Waals surface area contributed by atoms with Crippen LogP contribution in [-0.4, -0.2) is 48.0 Å². The average Bonchev–Trinajstić information content (AvgIpc) is 2.99. The van der Waals surface area contributed by atoms with Gasteiger partial charge in [0.05, 0.1) is 16.4 Å². The van der Waals surface area contributed by atoms with Crippen LogP contribution < -0.4 is 14.8 Å². The molecule has 0 saturated carbocycles. The molecule has 3 aromatic rings. The second-order valence-electron chi connectivity index (χ2n) is 12.4. The molecule has 46 heavy (non-hydrogen) atoms. The third kappa shape index (κ3) is 12.0. The first kappa shape index (κ1) is 36.3. The Hall–Kier alpha value is -4.16. The fraction of sp³-hybridized carbons (Fsp3) is 0.441. The molecule has 2 atom stereocenters. The van der Waals surface area contributed by atoms with Gasteiger partial charge in [-0.05, 0) is 68.0 Å². The number of ether oxygens (including phenoxy) is 2. The number of nitrogens with one attached hydrogen (secondary N) is 2. The van der Waals surface area contributed by atoms with E-state index in [0.717, 1.165) is 18.4 Å². The summed E-state index contributed by atoms with van der Waals surface area (Å²) in [6.07, 6.45) is -1.50. The number of nitro benzene ring substituents is 1. The largest absolute Gasteiger partial charge is 0.489 e. The molecule has 0 aliphatic rings. The van der Waals surface area contributed by atoms with E-state index in [9.17, 15) is 28.4 Å². The highest BCUT2D eigenvalue weighted by Crippen LogP contribution is 2.28. The van der Waals surface area contributed by atoms with Gasteiger partial charge < -0.3 is 19.9 Å². The van der Waals surface area contributed by atoms with Gasteiger partial charge in [-0.1, -0.05) is 69.2 Å². The molecule has 3 aromatic carbocycles. The van der Waals surface area contributed by atoms with Crippen LogP contribution in [0.5, 0.6) is 5.75 Å². The smallest absolute Gasteiger partial charge is 0.407 e. The first-order valence-corrected chi connectivity index (χ1v) is 17.0. The molecular formula is C34H45N3O8S. The van der Waals surface area contributed by atoms with Crippen molar-refractivity contribution < 1.29 is 32.7 Å². The molecule has 12 heteroatoms. The molecule has 0 saturated heterocycles. The Bertz CT molecular complexity index is 1540. The summed E-state index contributed by atoms with van der Waals surface area (Å²) in [6.45, 7) is 9.71. The molecule has 0 heterocycles. The number of carbonyl (C=O) groups excluding carboxylic acids is 1. The number of aliphatic hydroxyl groups is 1. The maximum atomic E-state index is 13.3. The molecule has 0 spiro atoms. The first-order valence-electron chi connectivity index (χ1n) is 15.4. The summed E-state index contributed by atoms with van der Waals surface area (Å²) in [7, 11) is -4.19. The number of amides is 1. The van der Waals surface area contributed by atoms with E-state index in [-0.39, 0.29) is 23.7 Å². The molecular weight excluding hydrogens is 610 g/mol. The van der Waals surface area contributed by atoms with E-state index in [1.54, 1.807) is 45.0 Å². The van der Waals surface area contributed by atoms with Crippen molar-refractivity contribution >= 4 is 27.5 Å². The van der Waals surface area contributed by atoms with Crippen molar-refractivity contribution in [3.05, 3.63) is 99.6 Å². The molecule has 0 aromatic heterocycles. The monoisotopic (exact) mass is 655 g/mol. The van der Waals surface area contributed by atoms with Crippen LogP contribution in [-0.2, 0) is 34.2 Å². The van der Waals surface area contributed by atoms with E-state index in [2.05, 4.69) is 10.0 Å². The number of aliphatic hydroxyl groups excluding tert-OH is 1. The van der Waals surface area contributed by atoms with E-state index in [1.807, 2.05) is 44.2 Å². The van der Waals surface area contributed by atoms with Crippen LogP contribution in [0, 0.1) is 16.0 Å². The van der Waals surface area contributed by atoms with E-state index >= 15 is 0 Å². The minimum Gasteiger partial charge on any atom is -0.489 e. The van der Waals surface area contributed by atoms with Crippen molar-refractivity contribution in [1.29, 1.82) is 0 Å². The van der Waals surface area contributed by atoms with Crippen molar-refractivity contribution in [2.45, 2.75) is 84.7 Å². The van der Waals surface area contributed by atoms with E-state index in [1.165, 1.54) is 18.2 Å². The molecule has 0 bridgehead atoms. The topological polar surface area (TPSA) is 157 Å². The van der Waals surface area contributed by atoms with E-state index in [0.29, 0.717) is 29.9 Å². The van der Waals surface area contributed by atoms with Gasteiger partial charge in [0.2, 0.25) is 10.0 Å². The minimum atomic E-state index is -4.19. The first-order chi connectivity index (χ1) is 21.7. The molecule has 250 valence electrons. The summed E-state index contributed by atoms with van der Waals surface area (Å²) in [5.41, 5.74) is 1.64. The summed E-state index contributed by atoms with van der Waals surface area (Å²) in [5, 5.41) is 25.2. The molecule has 0 aliphatic carbocycles. The Kier molecular flexibility index (Phi) is 13.0. The number of sulfonamides is 1. The Morgan fingerprint density at radius 1 is 0.957 bits per heavy atom. The molecule has 0 radical (unpaired) electrons. The van der Waals surface area contributed by atoms with Crippen molar-refractivity contribution in [2.24, 2.45) is 5.92 Å². The molecule has 11 nitrogen and oxygen atoms in total. The molecule has 3 rings (SSSR count). The molecule has 0 aliphatic heterocycles. The number of hydrogen-bond acceptors (Lipinski definition) is 8. The van der Waals surface area contributed by atoms with Crippen molar-refractivity contribution in [3.63, 3.8) is 0 Å². The average molecular weight is 656 g/mol. The number of nitrogens with zero attached hydrogens (tertiary/aromatic N) is 1. The number of alkyl carbamates (subject to hydrolysis) is 1. The van der Waals surface area contributed by atoms with Crippen LogP contribution in [0.15, 0.2) is 72.8 Å². The zero-order chi connectivity index (χ0) is 33.9. The van der Waals surface area contributed by atoms with E-state index < -0.39 is 44.5 Å². The highest BCUT2D eigenvalue weighted by molar-refractivity contribution is 7.92. The Labute approximate surface area is 271 Å². The number of non-ortho nitro benzene ring substituents is 1. The van der Waals surface area contributed by atoms with Gasteiger partial charge in [0, 0.05) is 24.1 Å². The van der Waals surface area contributed by atoms with Gasteiger partial charge in [-0.25, -0.2) is 13.2 Å². The van der Waals surface area contributed by atoms with Crippen LogP contribution in [0.25, 0.3) is 0 Å². The van der Waals surface area contributed by atoms with Gasteiger partial charge in [-0.15, -0.1) is 0 Å². The van der Waals surface area contributed by atoms with Crippen LogP contribution in [0.4, 0.5) is 16.2 Å². The molecule has 1 amide bonds. The van der Waals surface area contributed by atoms with Gasteiger partial charge in [-0.2, -0.15) is 0 Å². The Balaban J connectivity index is 1.78. The predicted molar refractivity (Wildman–Crippen MR) is 178 cm³/mol. The number of carbonyl (C=O) groups is 1. The SMILES string of the molecule is CCC(CC)Cc1cc([N+](=O)[O-])ccc1NS(=O)(=O)C[C@H](O)[C@H](Cc1ccc(OCc2ccccc2)cc1)OC(=O)NC(C)(C)C. The summed E-state index contributed by atoms with van der Waals surface area (Å²) >= 11 is 0. The van der Waals surface area contributed by atoms with Gasteiger partial charge in [0.1, 0.15) is 24.6 Å².